The van der Waals surface area contributed by atoms with Crippen LogP contribution >= 0.6 is 24.0 Å². The molecule has 3 rings (SSSR count). The number of aryl methyl sites for hydroxylation is 2. The molecule has 0 spiro atoms. The number of carbonyl (C=O) groups is 2. The van der Waals surface area contributed by atoms with Gasteiger partial charge in [0.15, 0.2) is 4.32 Å². The molecular formula is C19H15NO2S2. The highest BCUT2D eigenvalue weighted by atomic mass is 32.2. The summed E-state index contributed by atoms with van der Waals surface area (Å²) in [5.41, 5.74) is 4.56. The first-order valence-electron chi connectivity index (χ1n) is 7.40. The maximum absolute atomic E-state index is 12.7. The van der Waals surface area contributed by atoms with Crippen LogP contribution < -0.4 is 4.90 Å². The van der Waals surface area contributed by atoms with Crippen molar-refractivity contribution in [2.24, 2.45) is 0 Å². The second-order valence-electron chi connectivity index (χ2n) is 5.57. The quantitative estimate of drug-likeness (QED) is 0.462. The van der Waals surface area contributed by atoms with Crippen LogP contribution in [-0.2, 0) is 4.79 Å². The van der Waals surface area contributed by atoms with Crippen molar-refractivity contribution in [3.8, 4) is 0 Å². The van der Waals surface area contributed by atoms with Crippen LogP contribution in [0.15, 0.2) is 47.4 Å². The van der Waals surface area contributed by atoms with E-state index in [-0.39, 0.29) is 5.91 Å². The van der Waals surface area contributed by atoms with Gasteiger partial charge in [0.1, 0.15) is 6.29 Å². The lowest BCUT2D eigenvalue weighted by Gasteiger charge is -2.15. The van der Waals surface area contributed by atoms with Crippen LogP contribution in [0.25, 0.3) is 6.08 Å². The third-order valence-electron chi connectivity index (χ3n) is 3.91. The van der Waals surface area contributed by atoms with E-state index in [0.29, 0.717) is 14.8 Å². The number of aldehydes is 1. The molecule has 0 N–H and O–H groups in total. The predicted octanol–water partition coefficient (Wildman–Crippen LogP) is 4.52. The molecule has 5 heteroatoms. The largest absolute Gasteiger partial charge is 0.298 e. The third-order valence-corrected chi connectivity index (χ3v) is 5.21. The molecule has 0 saturated carbocycles. The van der Waals surface area contributed by atoms with Gasteiger partial charge in [-0.15, -0.1) is 0 Å². The maximum atomic E-state index is 12.7. The highest BCUT2D eigenvalue weighted by molar-refractivity contribution is 8.27. The van der Waals surface area contributed by atoms with Gasteiger partial charge in [-0.1, -0.05) is 54.3 Å². The molecule has 2 aromatic carbocycles. The van der Waals surface area contributed by atoms with Gasteiger partial charge in [0.25, 0.3) is 5.91 Å². The van der Waals surface area contributed by atoms with E-state index in [2.05, 4.69) is 0 Å². The smallest absolute Gasteiger partial charge is 0.270 e. The van der Waals surface area contributed by atoms with E-state index in [4.69, 9.17) is 12.2 Å². The Labute approximate surface area is 150 Å². The minimum Gasteiger partial charge on any atom is -0.298 e. The predicted molar refractivity (Wildman–Crippen MR) is 103 cm³/mol. The molecule has 3 nitrogen and oxygen atoms in total. The Kier molecular flexibility index (Phi) is 4.64. The van der Waals surface area contributed by atoms with E-state index in [1.165, 1.54) is 17.3 Å². The summed E-state index contributed by atoms with van der Waals surface area (Å²) in [6, 6.07) is 13.0. The third kappa shape index (κ3) is 3.18. The Balaban J connectivity index is 1.91. The minimum atomic E-state index is -0.118. The van der Waals surface area contributed by atoms with Gasteiger partial charge in [-0.2, -0.15) is 0 Å². The number of rotatable bonds is 3. The van der Waals surface area contributed by atoms with Gasteiger partial charge in [0.05, 0.1) is 10.6 Å². The summed E-state index contributed by atoms with van der Waals surface area (Å²) in [5, 5.41) is 0. The minimum absolute atomic E-state index is 0.118. The highest BCUT2D eigenvalue weighted by Crippen LogP contribution is 2.36. The molecule has 0 bridgehead atoms. The van der Waals surface area contributed by atoms with Crippen molar-refractivity contribution in [1.82, 2.24) is 0 Å². The molecule has 24 heavy (non-hydrogen) atoms. The number of thioether (sulfide) groups is 1. The fourth-order valence-electron chi connectivity index (χ4n) is 2.38. The SMILES string of the molecule is Cc1ccc(N2C(=O)/C(=C/c3ccc(C=O)cc3)SC2=S)cc1C. The van der Waals surface area contributed by atoms with E-state index in [1.807, 2.05) is 44.2 Å². The molecule has 1 aliphatic heterocycles. The van der Waals surface area contributed by atoms with Gasteiger partial charge in [-0.3, -0.25) is 14.5 Å². The summed E-state index contributed by atoms with van der Waals surface area (Å²) in [7, 11) is 0. The molecule has 0 atom stereocenters. The fourth-order valence-corrected chi connectivity index (χ4v) is 3.68. The van der Waals surface area contributed by atoms with Crippen LogP contribution in [-0.4, -0.2) is 16.5 Å². The molecule has 0 unspecified atom stereocenters. The number of nitrogens with zero attached hydrogens (tertiary/aromatic N) is 1. The van der Waals surface area contributed by atoms with Crippen molar-refractivity contribution in [3.63, 3.8) is 0 Å². The molecule has 1 aliphatic rings. The molecule has 1 amide bonds. The number of anilines is 1. The number of benzene rings is 2. The van der Waals surface area contributed by atoms with Gasteiger partial charge >= 0.3 is 0 Å². The van der Waals surface area contributed by atoms with E-state index < -0.39 is 0 Å². The monoisotopic (exact) mass is 353 g/mol. The number of thiocarbonyl (C=S) groups is 1. The number of hydrogen-bond donors (Lipinski definition) is 0. The zero-order valence-corrected chi connectivity index (χ0v) is 14.9. The zero-order chi connectivity index (χ0) is 17.3. The van der Waals surface area contributed by atoms with Gasteiger partial charge in [-0.05, 0) is 48.7 Å². The molecule has 1 fully saturated rings. The average Bonchev–Trinajstić information content (AvgIpc) is 2.85. The van der Waals surface area contributed by atoms with E-state index in [9.17, 15) is 9.59 Å². The normalized spacial score (nSPS) is 16.1. The molecule has 2 aromatic rings. The summed E-state index contributed by atoms with van der Waals surface area (Å²) in [6.45, 7) is 4.05. The molecule has 0 radical (unpaired) electrons. The lowest BCUT2D eigenvalue weighted by molar-refractivity contribution is -0.113. The van der Waals surface area contributed by atoms with Crippen LogP contribution in [0.4, 0.5) is 5.69 Å². The zero-order valence-electron chi connectivity index (χ0n) is 13.3. The Morgan fingerprint density at radius 1 is 1.00 bits per heavy atom. The summed E-state index contributed by atoms with van der Waals surface area (Å²) >= 11 is 6.68. The van der Waals surface area contributed by atoms with Crippen molar-refractivity contribution in [2.45, 2.75) is 13.8 Å². The average molecular weight is 353 g/mol. The molecule has 0 aromatic heterocycles. The maximum Gasteiger partial charge on any atom is 0.270 e. The number of carbonyl (C=O) groups excluding carboxylic acids is 2. The summed E-state index contributed by atoms with van der Waals surface area (Å²) in [6.07, 6.45) is 2.60. The second-order valence-corrected chi connectivity index (χ2v) is 7.25. The van der Waals surface area contributed by atoms with Crippen molar-refractivity contribution in [1.29, 1.82) is 0 Å². The number of hydrogen-bond acceptors (Lipinski definition) is 4. The van der Waals surface area contributed by atoms with E-state index in [1.54, 1.807) is 23.1 Å². The summed E-state index contributed by atoms with van der Waals surface area (Å²) in [5.74, 6) is -0.118. The van der Waals surface area contributed by atoms with Crippen LogP contribution in [0, 0.1) is 13.8 Å². The molecule has 1 saturated heterocycles. The Bertz CT molecular complexity index is 869. The Morgan fingerprint density at radius 2 is 1.67 bits per heavy atom. The van der Waals surface area contributed by atoms with Crippen LogP contribution in [0.2, 0.25) is 0 Å². The van der Waals surface area contributed by atoms with E-state index in [0.717, 1.165) is 23.1 Å². The standard InChI is InChI=1S/C19H15NO2S2/c1-12-3-8-16(9-13(12)2)20-18(22)17(24-19(20)23)10-14-4-6-15(11-21)7-5-14/h3-11H,1-2H3/b17-10-. The van der Waals surface area contributed by atoms with E-state index >= 15 is 0 Å². The lowest BCUT2D eigenvalue weighted by atomic mass is 10.1. The Hall–Kier alpha value is -2.24. The first-order chi connectivity index (χ1) is 11.5. The van der Waals surface area contributed by atoms with Gasteiger partial charge < -0.3 is 0 Å². The van der Waals surface area contributed by atoms with Crippen LogP contribution in [0.1, 0.15) is 27.0 Å². The summed E-state index contributed by atoms with van der Waals surface area (Å²) < 4.78 is 0.527. The first kappa shape index (κ1) is 16.6. The van der Waals surface area contributed by atoms with Gasteiger partial charge in [-0.25, -0.2) is 0 Å². The molecule has 0 aliphatic carbocycles. The fraction of sp³-hybridized carbons (Fsp3) is 0.105. The Morgan fingerprint density at radius 3 is 2.29 bits per heavy atom. The molecule has 120 valence electrons. The van der Waals surface area contributed by atoms with Crippen molar-refractivity contribution in [3.05, 3.63) is 69.6 Å². The van der Waals surface area contributed by atoms with Crippen LogP contribution in [0.3, 0.4) is 0 Å². The first-order valence-corrected chi connectivity index (χ1v) is 8.62. The summed E-state index contributed by atoms with van der Waals surface area (Å²) in [4.78, 5) is 25.6. The lowest BCUT2D eigenvalue weighted by Crippen LogP contribution is -2.27. The van der Waals surface area contributed by atoms with Crippen molar-refractivity contribution >= 4 is 52.3 Å². The van der Waals surface area contributed by atoms with Crippen LogP contribution in [0.5, 0.6) is 0 Å². The van der Waals surface area contributed by atoms with Gasteiger partial charge in [0.2, 0.25) is 0 Å². The van der Waals surface area contributed by atoms with Gasteiger partial charge in [0, 0.05) is 5.56 Å². The second kappa shape index (κ2) is 6.71. The number of amides is 1. The van der Waals surface area contributed by atoms with Crippen molar-refractivity contribution in [2.75, 3.05) is 4.90 Å². The highest BCUT2D eigenvalue weighted by Gasteiger charge is 2.33. The topological polar surface area (TPSA) is 37.4 Å². The van der Waals surface area contributed by atoms with Crippen molar-refractivity contribution < 1.29 is 9.59 Å². The molecule has 1 heterocycles. The molecular weight excluding hydrogens is 338 g/mol.